The number of aliphatic hydroxyl groups is 1. The Morgan fingerprint density at radius 3 is 1.56 bits per heavy atom. The highest BCUT2D eigenvalue weighted by Crippen LogP contribution is 2.13. The van der Waals surface area contributed by atoms with Gasteiger partial charge in [0.05, 0.1) is 6.61 Å². The molecule has 0 amide bonds. The van der Waals surface area contributed by atoms with Crippen molar-refractivity contribution in [3.8, 4) is 0 Å². The summed E-state index contributed by atoms with van der Waals surface area (Å²) in [5.41, 5.74) is 0. The highest BCUT2D eigenvalue weighted by Gasteiger charge is 2.15. The molecule has 0 saturated heterocycles. The molecular formula is C31H58O5. The molecule has 5 heteroatoms. The van der Waals surface area contributed by atoms with Gasteiger partial charge in [-0.25, -0.2) is 0 Å². The SMILES string of the molecule is CCCCCCCCCC/C=C\CCCCCCCCCCCC(=O)OC(CO)COC(=O)CCC. The Morgan fingerprint density at radius 2 is 1.08 bits per heavy atom. The topological polar surface area (TPSA) is 72.8 Å². The summed E-state index contributed by atoms with van der Waals surface area (Å²) in [6.45, 7) is 3.76. The number of hydrogen-bond donors (Lipinski definition) is 1. The molecule has 0 aromatic heterocycles. The molecule has 1 N–H and O–H groups in total. The monoisotopic (exact) mass is 510 g/mol. The van der Waals surface area contributed by atoms with Crippen molar-refractivity contribution >= 4 is 11.9 Å². The molecule has 0 aliphatic carbocycles. The van der Waals surface area contributed by atoms with Gasteiger partial charge in [0.1, 0.15) is 6.61 Å². The first-order chi connectivity index (χ1) is 17.6. The zero-order chi connectivity index (χ0) is 26.5. The second kappa shape index (κ2) is 28.2. The van der Waals surface area contributed by atoms with E-state index in [1.165, 1.54) is 103 Å². The number of esters is 2. The fourth-order valence-electron chi connectivity index (χ4n) is 4.23. The van der Waals surface area contributed by atoms with Gasteiger partial charge in [-0.3, -0.25) is 9.59 Å². The molecule has 0 aliphatic heterocycles. The van der Waals surface area contributed by atoms with Crippen molar-refractivity contribution in [2.24, 2.45) is 0 Å². The van der Waals surface area contributed by atoms with Crippen LogP contribution in [0.4, 0.5) is 0 Å². The highest BCUT2D eigenvalue weighted by atomic mass is 16.6. The van der Waals surface area contributed by atoms with Gasteiger partial charge in [-0.15, -0.1) is 0 Å². The number of carbonyl (C=O) groups is 2. The van der Waals surface area contributed by atoms with Crippen molar-refractivity contribution < 1.29 is 24.2 Å². The van der Waals surface area contributed by atoms with Crippen LogP contribution in [-0.2, 0) is 19.1 Å². The molecule has 0 aromatic rings. The molecule has 0 aromatic carbocycles. The van der Waals surface area contributed by atoms with E-state index in [2.05, 4.69) is 19.1 Å². The first-order valence-electron chi connectivity index (χ1n) is 15.2. The van der Waals surface area contributed by atoms with Gasteiger partial charge in [-0.05, 0) is 38.5 Å². The fourth-order valence-corrected chi connectivity index (χ4v) is 4.23. The van der Waals surface area contributed by atoms with E-state index >= 15 is 0 Å². The summed E-state index contributed by atoms with van der Waals surface area (Å²) in [5.74, 6) is -0.652. The zero-order valence-electron chi connectivity index (χ0n) is 23.8. The molecule has 0 saturated carbocycles. The number of allylic oxidation sites excluding steroid dienone is 2. The lowest BCUT2D eigenvalue weighted by Crippen LogP contribution is -2.28. The fraction of sp³-hybridized carbons (Fsp3) is 0.871. The van der Waals surface area contributed by atoms with Gasteiger partial charge in [0.15, 0.2) is 6.10 Å². The van der Waals surface area contributed by atoms with Crippen LogP contribution in [0.2, 0.25) is 0 Å². The van der Waals surface area contributed by atoms with E-state index in [1.54, 1.807) is 0 Å². The van der Waals surface area contributed by atoms with Gasteiger partial charge in [0.25, 0.3) is 0 Å². The second-order valence-corrected chi connectivity index (χ2v) is 10.2. The van der Waals surface area contributed by atoms with E-state index in [9.17, 15) is 14.7 Å². The number of unbranched alkanes of at least 4 members (excludes halogenated alkanes) is 17. The lowest BCUT2D eigenvalue weighted by atomic mass is 10.1. The van der Waals surface area contributed by atoms with Gasteiger partial charge in [0, 0.05) is 12.8 Å². The third-order valence-electron chi connectivity index (χ3n) is 6.53. The zero-order valence-corrected chi connectivity index (χ0v) is 23.8. The summed E-state index contributed by atoms with van der Waals surface area (Å²) < 4.78 is 10.2. The Kier molecular flexibility index (Phi) is 27.1. The van der Waals surface area contributed by atoms with E-state index in [0.717, 1.165) is 19.3 Å². The molecule has 0 rings (SSSR count). The molecule has 212 valence electrons. The molecular weight excluding hydrogens is 452 g/mol. The minimum atomic E-state index is -0.760. The second-order valence-electron chi connectivity index (χ2n) is 10.2. The minimum absolute atomic E-state index is 0.0727. The van der Waals surface area contributed by atoms with Gasteiger partial charge in [-0.1, -0.05) is 116 Å². The quantitative estimate of drug-likeness (QED) is 0.0680. The summed E-state index contributed by atoms with van der Waals surface area (Å²) in [6, 6.07) is 0. The van der Waals surface area contributed by atoms with E-state index in [4.69, 9.17) is 9.47 Å². The van der Waals surface area contributed by atoms with Crippen LogP contribution < -0.4 is 0 Å². The molecule has 0 bridgehead atoms. The van der Waals surface area contributed by atoms with Crippen molar-refractivity contribution in [2.45, 2.75) is 161 Å². The van der Waals surface area contributed by atoms with Crippen molar-refractivity contribution in [3.63, 3.8) is 0 Å². The summed E-state index contributed by atoms with van der Waals surface area (Å²) >= 11 is 0. The van der Waals surface area contributed by atoms with Crippen molar-refractivity contribution in [2.75, 3.05) is 13.2 Å². The summed E-state index contributed by atoms with van der Waals surface area (Å²) in [5, 5.41) is 9.29. The number of hydrogen-bond acceptors (Lipinski definition) is 5. The largest absolute Gasteiger partial charge is 0.462 e. The van der Waals surface area contributed by atoms with Crippen molar-refractivity contribution in [1.29, 1.82) is 0 Å². The Bertz CT molecular complexity index is 517. The van der Waals surface area contributed by atoms with Crippen LogP contribution >= 0.6 is 0 Å². The third kappa shape index (κ3) is 25.7. The van der Waals surface area contributed by atoms with E-state index < -0.39 is 6.10 Å². The standard InChI is InChI=1S/C31H58O5/c1-3-5-6-7-8-9-10-11-12-13-14-15-16-17-18-19-20-21-22-23-24-26-31(34)36-29(27-32)28-35-30(33)25-4-2/h13-14,29,32H,3-12,15-28H2,1-2H3/b14-13-. The van der Waals surface area contributed by atoms with Crippen LogP contribution in [0.15, 0.2) is 12.2 Å². The summed E-state index contributed by atoms with van der Waals surface area (Å²) in [6.07, 6.45) is 29.8. The number of aliphatic hydroxyl groups excluding tert-OH is 1. The van der Waals surface area contributed by atoms with Gasteiger partial charge < -0.3 is 14.6 Å². The maximum atomic E-state index is 11.9. The lowest BCUT2D eigenvalue weighted by Gasteiger charge is -2.15. The maximum absolute atomic E-state index is 11.9. The predicted octanol–water partition coefficient (Wildman–Crippen LogP) is 8.61. The van der Waals surface area contributed by atoms with E-state index in [0.29, 0.717) is 19.3 Å². The minimum Gasteiger partial charge on any atom is -0.462 e. The van der Waals surface area contributed by atoms with E-state index in [-0.39, 0.29) is 25.2 Å². The average molecular weight is 511 g/mol. The van der Waals surface area contributed by atoms with Crippen molar-refractivity contribution in [1.82, 2.24) is 0 Å². The molecule has 5 nitrogen and oxygen atoms in total. The Hall–Kier alpha value is -1.36. The van der Waals surface area contributed by atoms with Crippen LogP contribution in [0.1, 0.15) is 155 Å². The number of rotatable bonds is 27. The molecule has 0 heterocycles. The first kappa shape index (κ1) is 34.6. The van der Waals surface area contributed by atoms with Crippen LogP contribution in [0.3, 0.4) is 0 Å². The molecule has 1 unspecified atom stereocenters. The van der Waals surface area contributed by atoms with Gasteiger partial charge in [0.2, 0.25) is 0 Å². The molecule has 36 heavy (non-hydrogen) atoms. The molecule has 0 fully saturated rings. The highest BCUT2D eigenvalue weighted by molar-refractivity contribution is 5.70. The van der Waals surface area contributed by atoms with Crippen LogP contribution in [0.25, 0.3) is 0 Å². The Balaban J connectivity index is 3.38. The third-order valence-corrected chi connectivity index (χ3v) is 6.53. The lowest BCUT2D eigenvalue weighted by molar-refractivity contribution is -0.161. The van der Waals surface area contributed by atoms with E-state index in [1.807, 2.05) is 6.92 Å². The molecule has 0 spiro atoms. The number of ether oxygens (including phenoxy) is 2. The van der Waals surface area contributed by atoms with Crippen LogP contribution in [0, 0.1) is 0 Å². The van der Waals surface area contributed by atoms with Gasteiger partial charge >= 0.3 is 11.9 Å². The Morgan fingerprint density at radius 1 is 0.611 bits per heavy atom. The molecule has 0 aliphatic rings. The Labute approximate surface area is 222 Å². The molecule has 1 atom stereocenters. The average Bonchev–Trinajstić information content (AvgIpc) is 2.87. The van der Waals surface area contributed by atoms with Crippen LogP contribution in [-0.4, -0.2) is 36.4 Å². The summed E-state index contributed by atoms with van der Waals surface area (Å²) in [4.78, 5) is 23.3. The van der Waals surface area contributed by atoms with Crippen molar-refractivity contribution in [3.05, 3.63) is 12.2 Å². The summed E-state index contributed by atoms with van der Waals surface area (Å²) in [7, 11) is 0. The smallest absolute Gasteiger partial charge is 0.306 e. The van der Waals surface area contributed by atoms with Crippen LogP contribution in [0.5, 0.6) is 0 Å². The first-order valence-corrected chi connectivity index (χ1v) is 15.2. The predicted molar refractivity (Wildman–Crippen MR) is 150 cm³/mol. The normalized spacial score (nSPS) is 12.2. The number of carbonyl (C=O) groups excluding carboxylic acids is 2. The molecule has 0 radical (unpaired) electrons. The maximum Gasteiger partial charge on any atom is 0.306 e. The van der Waals surface area contributed by atoms with Gasteiger partial charge in [-0.2, -0.15) is 0 Å².